The Morgan fingerprint density at radius 3 is 0.924 bits per heavy atom. The van der Waals surface area contributed by atoms with Gasteiger partial charge in [-0.1, -0.05) is 38.5 Å². The molecule has 33 N–H and O–H groups in total. The monoisotopic (exact) mass is 2100 g/mol. The van der Waals surface area contributed by atoms with Crippen molar-refractivity contribution >= 4 is 41.4 Å². The van der Waals surface area contributed by atoms with E-state index in [2.05, 4.69) is 31.9 Å². The Kier molecular flexibility index (Phi) is 57.9. The molecule has 57 nitrogen and oxygen atoms in total. The van der Waals surface area contributed by atoms with Crippen LogP contribution in [0.1, 0.15) is 116 Å². The van der Waals surface area contributed by atoms with Gasteiger partial charge in [-0.3, -0.25) is 48.3 Å². The van der Waals surface area contributed by atoms with Crippen LogP contribution in [0.15, 0.2) is 0 Å². The highest BCUT2D eigenvalue weighted by Crippen LogP contribution is 2.33. The number of carboxylic acid groups (broad SMARTS) is 1. The predicted molar refractivity (Wildman–Crippen MR) is 481 cm³/mol. The molecule has 0 aromatic carbocycles. The Balaban J connectivity index is 0.941. The van der Waals surface area contributed by atoms with E-state index in [1.54, 1.807) is 0 Å². The zero-order valence-electron chi connectivity index (χ0n) is 80.4. The average Bonchev–Trinajstić information content (AvgIpc) is 0.776. The molecule has 7 heterocycles. The minimum absolute atomic E-state index is 0.0427. The van der Waals surface area contributed by atoms with Gasteiger partial charge in [0.15, 0.2) is 44.0 Å². The van der Waals surface area contributed by atoms with Gasteiger partial charge in [0, 0.05) is 78.2 Å². The lowest BCUT2D eigenvalue weighted by atomic mass is 9.96. The third-order valence-electron chi connectivity index (χ3n) is 25.5. The van der Waals surface area contributed by atoms with Crippen LogP contribution in [0.2, 0.25) is 0 Å². The second-order valence-electron chi connectivity index (χ2n) is 36.5. The van der Waals surface area contributed by atoms with Crippen LogP contribution in [0.4, 0.5) is 0 Å². The Hall–Kier alpha value is -5.43. The highest BCUT2D eigenvalue weighted by Gasteiger charge is 2.54. The first-order valence-corrected chi connectivity index (χ1v) is 49.0. The summed E-state index contributed by atoms with van der Waals surface area (Å²) >= 11 is 0. The van der Waals surface area contributed by atoms with Crippen LogP contribution in [0.3, 0.4) is 0 Å². The maximum Gasteiger partial charge on any atom is 0.303 e. The van der Waals surface area contributed by atoms with Crippen LogP contribution in [0.25, 0.3) is 0 Å². The van der Waals surface area contributed by atoms with Crippen LogP contribution in [0.5, 0.6) is 0 Å². The van der Waals surface area contributed by atoms with Crippen molar-refractivity contribution in [3.05, 3.63) is 0 Å². The smallest absolute Gasteiger partial charge is 0.303 e. The highest BCUT2D eigenvalue weighted by atomic mass is 16.8. The van der Waals surface area contributed by atoms with Gasteiger partial charge < -0.3 is 236 Å². The molecule has 0 spiro atoms. The summed E-state index contributed by atoms with van der Waals surface area (Å²) in [4.78, 5) is 98.6. The van der Waals surface area contributed by atoms with E-state index >= 15 is 0 Å². The largest absolute Gasteiger partial charge is 0.481 e. The summed E-state index contributed by atoms with van der Waals surface area (Å²) in [5.41, 5.74) is 0. The molecule has 7 aliphatic rings. The SMILES string of the molecule is O=C(O)CCCCCNC(=O)CN(CC(=O)NCCCCCC(=O)NCCO[C@@H]1O[C@H](CO[C@H]2O[C@H](CO)[C@@H](O)[C@H](O)[C@@H]2O)[C@@H](O)[C@H](O[C@H]2O[C@H](CO)[C@@H](O)[C@H](O)[C@@H]2O)[C@H]1O)CC(=O)N[C@@H](CCC(=O)NCCCCCCN(CCO[C@H]1O[C@H](CO)[C@@H](O)[C@H](O)[C@@H]1O)CCO[C@H]1O[C@H](CO)[C@@H](O)[C@H](O)[C@@H]1O)C(=O)NCCCCCCN(CCO[C@H]1O[C@H](CO)[C@@H](O)[C@H](O)[C@@H]1O)CCO[C@H]1O[C@H](CO)[C@@H](O)[C@H](O)[C@@H]1O. The second-order valence-corrected chi connectivity index (χ2v) is 36.5. The number of ether oxygens (including phenoxy) is 14. The molecule has 0 radical (unpaired) electrons. The molecule has 144 heavy (non-hydrogen) atoms. The topological polar surface area (TPSA) is 877 Å². The summed E-state index contributed by atoms with van der Waals surface area (Å²) in [6.45, 7) is -6.32. The fourth-order valence-electron chi connectivity index (χ4n) is 16.8. The minimum atomic E-state index is -2.00. The standard InChI is InChI=1S/C87H157N9O48/c97-38-46-59(110)66(117)72(123)81(137-46)132-31-26-94(27-32-133-82-73(124)67(118)60(111)47(39-98)138-82)24-13-3-1-9-19-88-54(104)18-17-45(80(130)92-22-10-2-4-14-25-95(28-33-134-83-74(125)68(119)61(112)48(40-99)139-83)29-34-135-84-75(126)69(120)62(113)49(41-100)140-84)93-57(107)37-96(36-56(106)90-21-12-6-8-16-58(108)109)35-55(105)89-20-11-5-7-15-53(103)91-23-30-131-86-78(129)79(144-87-77(128)71(122)64(115)51(43-102)142-87)65(116)52(143-86)44-136-85-76(127)70(121)63(114)50(42-101)141-85/h45-52,59-79,81-87,97-102,110-129H,1-44H2,(H,88,104)(H,89,105)(H,90,106)(H,91,103)(H,92,130)(H,93,107)(H,108,109)/t45-,46+,47+,48+,49+,50+,51+,52+,59+,60+,61+,62+,63+,64+,65+,66-,67-,68-,69-,70-,71-,72-,73-,74-,75-,76-,77-,78+,79-,81-,82-,83-,84-,85-,86+,87+/m0/s1. The maximum atomic E-state index is 14.3. The summed E-state index contributed by atoms with van der Waals surface area (Å²) in [7, 11) is 0. The Bertz CT molecular complexity index is 3530. The summed E-state index contributed by atoms with van der Waals surface area (Å²) < 4.78 is 78.5. The van der Waals surface area contributed by atoms with E-state index in [0.29, 0.717) is 96.6 Å². The Labute approximate surface area is 830 Å². The number of aliphatic hydroxyl groups excluding tert-OH is 26. The molecule has 7 aliphatic heterocycles. The van der Waals surface area contributed by atoms with Crippen LogP contribution in [-0.4, -0.2) is 586 Å². The fourth-order valence-corrected chi connectivity index (χ4v) is 16.8. The van der Waals surface area contributed by atoms with Crippen molar-refractivity contribution in [2.75, 3.05) is 171 Å². The number of hydrogen-bond donors (Lipinski definition) is 33. The Morgan fingerprint density at radius 2 is 0.549 bits per heavy atom. The van der Waals surface area contributed by atoms with Gasteiger partial charge in [-0.05, 0) is 70.9 Å². The van der Waals surface area contributed by atoms with E-state index in [0.717, 1.165) is 0 Å². The molecule has 0 bridgehead atoms. The van der Waals surface area contributed by atoms with E-state index in [4.69, 9.17) is 71.4 Å². The molecule has 0 aliphatic carbocycles. The zero-order valence-corrected chi connectivity index (χ0v) is 80.4. The molecular weight excluding hydrogens is 1940 g/mol. The third kappa shape index (κ3) is 40.3. The van der Waals surface area contributed by atoms with Crippen molar-refractivity contribution < 1.29 is 238 Å². The number of hydrogen-bond acceptors (Lipinski definition) is 50. The Morgan fingerprint density at radius 1 is 0.257 bits per heavy atom. The summed E-state index contributed by atoms with van der Waals surface area (Å²) in [5.74, 6) is -4.82. The quantitative estimate of drug-likeness (QED) is 0.0251. The fraction of sp³-hybridized carbons (Fsp3) is 0.920. The van der Waals surface area contributed by atoms with Gasteiger partial charge in [0.05, 0.1) is 98.9 Å². The van der Waals surface area contributed by atoms with Crippen LogP contribution >= 0.6 is 0 Å². The minimum Gasteiger partial charge on any atom is -0.481 e. The van der Waals surface area contributed by atoms with Crippen molar-refractivity contribution in [1.82, 2.24) is 46.6 Å². The third-order valence-corrected chi connectivity index (χ3v) is 25.5. The first-order valence-electron chi connectivity index (χ1n) is 49.0. The van der Waals surface area contributed by atoms with E-state index in [9.17, 15) is 166 Å². The van der Waals surface area contributed by atoms with Crippen molar-refractivity contribution in [3.8, 4) is 0 Å². The number of carboxylic acids is 1. The number of aliphatic carboxylic acids is 1. The molecule has 7 rings (SSSR count). The zero-order chi connectivity index (χ0) is 106. The van der Waals surface area contributed by atoms with Gasteiger partial charge in [0.1, 0.15) is 177 Å². The summed E-state index contributed by atoms with van der Waals surface area (Å²) in [6.07, 6.45) is -52.1. The number of rotatable bonds is 68. The molecule has 0 saturated carbocycles. The molecule has 7 saturated heterocycles. The highest BCUT2D eigenvalue weighted by molar-refractivity contribution is 5.90. The molecule has 0 unspecified atom stereocenters. The number of amides is 6. The van der Waals surface area contributed by atoms with Crippen LogP contribution < -0.4 is 31.9 Å². The molecule has 0 aromatic heterocycles. The number of carbonyl (C=O) groups excluding carboxylic acids is 6. The lowest BCUT2D eigenvalue weighted by molar-refractivity contribution is -0.366. The van der Waals surface area contributed by atoms with Crippen LogP contribution in [-0.2, 0) is 99.9 Å². The summed E-state index contributed by atoms with van der Waals surface area (Å²) in [6, 6.07) is -1.39. The molecule has 57 heteroatoms. The van der Waals surface area contributed by atoms with Crippen molar-refractivity contribution in [3.63, 3.8) is 0 Å². The van der Waals surface area contributed by atoms with Gasteiger partial charge in [0.2, 0.25) is 35.4 Å². The molecular formula is C87H157N9O48. The second kappa shape index (κ2) is 66.4. The van der Waals surface area contributed by atoms with Gasteiger partial charge in [0.25, 0.3) is 0 Å². The number of nitrogens with zero attached hydrogens (tertiary/aromatic N) is 3. The van der Waals surface area contributed by atoms with E-state index in [-0.39, 0.29) is 124 Å². The summed E-state index contributed by atoms with van der Waals surface area (Å²) in [5, 5.41) is 294. The molecule has 36 atom stereocenters. The van der Waals surface area contributed by atoms with E-state index < -0.39 is 328 Å². The van der Waals surface area contributed by atoms with Crippen molar-refractivity contribution in [2.24, 2.45) is 0 Å². The van der Waals surface area contributed by atoms with Gasteiger partial charge in [-0.15, -0.1) is 0 Å². The number of nitrogens with one attached hydrogen (secondary N) is 6. The van der Waals surface area contributed by atoms with Gasteiger partial charge >= 0.3 is 5.97 Å². The first kappa shape index (κ1) is 125. The normalized spacial score (nSPS) is 34.5. The average molecular weight is 2100 g/mol. The predicted octanol–water partition coefficient (Wildman–Crippen LogP) is -17.2. The van der Waals surface area contributed by atoms with Gasteiger partial charge in [-0.2, -0.15) is 0 Å². The lowest BCUT2D eigenvalue weighted by Crippen LogP contribution is -2.65. The number of unbranched alkanes of at least 4 members (excludes halogenated alkanes) is 10. The van der Waals surface area contributed by atoms with Crippen molar-refractivity contribution in [1.29, 1.82) is 0 Å². The molecule has 7 fully saturated rings. The molecule has 838 valence electrons. The number of aliphatic hydroxyl groups is 26. The molecule has 0 aromatic rings. The number of carbonyl (C=O) groups is 7. The lowest BCUT2D eigenvalue weighted by Gasteiger charge is -2.46. The first-order chi connectivity index (χ1) is 68.8. The maximum absolute atomic E-state index is 14.3. The van der Waals surface area contributed by atoms with E-state index in [1.165, 1.54) is 4.90 Å². The van der Waals surface area contributed by atoms with Crippen molar-refractivity contribution in [2.45, 2.75) is 337 Å². The van der Waals surface area contributed by atoms with Crippen LogP contribution in [0, 0.1) is 0 Å². The van der Waals surface area contributed by atoms with E-state index in [1.807, 2.05) is 9.80 Å². The molecule has 6 amide bonds. The van der Waals surface area contributed by atoms with Gasteiger partial charge in [-0.25, -0.2) is 0 Å².